The fraction of sp³-hybridized carbons (Fsp3) is 0. The number of hydrogen-bond acceptors (Lipinski definition) is 1. The van der Waals surface area contributed by atoms with E-state index in [0.29, 0.717) is 5.56 Å². The molecule has 0 N–H and O–H groups in total. The molecule has 0 amide bonds. The molecule has 10 rings (SSSR count). The van der Waals surface area contributed by atoms with Crippen LogP contribution in [0.3, 0.4) is 0 Å². The highest BCUT2D eigenvalue weighted by atomic mass is 16.3. The minimum atomic E-state index is -0.401. The van der Waals surface area contributed by atoms with Gasteiger partial charge in [-0.1, -0.05) is 158 Å². The summed E-state index contributed by atoms with van der Waals surface area (Å²) in [5.74, 6) is 0. The monoisotopic (exact) mass is 627 g/mol. The predicted molar refractivity (Wildman–Crippen MR) is 208 cm³/mol. The molecule has 0 unspecified atom stereocenters. The van der Waals surface area contributed by atoms with Gasteiger partial charge in [0.25, 0.3) is 0 Å². The highest BCUT2D eigenvalue weighted by Gasteiger charge is 2.21. The standard InChI is InChI=1S/C48H30O/c1-3-12-31(13-4-1)33-22-24-34(25-23-33)45-38-16-7-9-18-40(38)46(41-19-10-8-17-39(41)45)42-20-11-21-44-47(42)43-29-27-36-30-35(32-14-5-2-6-15-32)26-28-37(36)48(43)49-44/h1-30H/i2D,5D,6D,14D,15D. The van der Waals surface area contributed by atoms with Crippen molar-refractivity contribution in [2.45, 2.75) is 0 Å². The van der Waals surface area contributed by atoms with Gasteiger partial charge in [0.05, 0.1) is 6.85 Å². The van der Waals surface area contributed by atoms with E-state index in [1.165, 1.54) is 27.5 Å². The van der Waals surface area contributed by atoms with Crippen molar-refractivity contribution in [2.75, 3.05) is 0 Å². The summed E-state index contributed by atoms with van der Waals surface area (Å²) >= 11 is 0. The van der Waals surface area contributed by atoms with E-state index < -0.39 is 6.04 Å². The molecule has 9 aromatic carbocycles. The molecule has 0 bridgehead atoms. The van der Waals surface area contributed by atoms with Crippen LogP contribution in [0.4, 0.5) is 0 Å². The Labute approximate surface area is 291 Å². The van der Waals surface area contributed by atoms with E-state index in [1.54, 1.807) is 0 Å². The van der Waals surface area contributed by atoms with Crippen LogP contribution in [0, 0.1) is 0 Å². The van der Waals surface area contributed by atoms with Gasteiger partial charge >= 0.3 is 0 Å². The van der Waals surface area contributed by atoms with E-state index in [1.807, 2.05) is 36.4 Å². The van der Waals surface area contributed by atoms with E-state index in [2.05, 4.69) is 115 Å². The molecule has 228 valence electrons. The molecule has 0 saturated carbocycles. The maximum Gasteiger partial charge on any atom is 0.143 e. The highest BCUT2D eigenvalue weighted by molar-refractivity contribution is 6.27. The number of benzene rings is 9. The lowest BCUT2D eigenvalue weighted by atomic mass is 9.84. The Kier molecular flexibility index (Phi) is 5.20. The quantitative estimate of drug-likeness (QED) is 0.177. The molecule has 0 radical (unpaired) electrons. The number of fused-ring (bicyclic) bond motifs is 7. The largest absolute Gasteiger partial charge is 0.455 e. The SMILES string of the molecule is [2H]c1c([2H])c([2H])c(-c2ccc3c(ccc4c3oc3cccc(-c5c6ccccc6c(-c6ccc(-c7ccccc7)cc6)c6ccccc56)c34)c2)c([2H])c1[2H]. The van der Waals surface area contributed by atoms with Gasteiger partial charge in [0.15, 0.2) is 0 Å². The van der Waals surface area contributed by atoms with Crippen LogP contribution in [-0.4, -0.2) is 0 Å². The Morgan fingerprint density at radius 2 is 0.980 bits per heavy atom. The van der Waals surface area contributed by atoms with Gasteiger partial charge in [-0.25, -0.2) is 0 Å². The van der Waals surface area contributed by atoms with Gasteiger partial charge in [-0.05, 0) is 95.7 Å². The van der Waals surface area contributed by atoms with Crippen LogP contribution in [0.25, 0.3) is 98.8 Å². The second-order valence-electron chi connectivity index (χ2n) is 12.4. The van der Waals surface area contributed by atoms with Gasteiger partial charge in [0, 0.05) is 16.2 Å². The summed E-state index contributed by atoms with van der Waals surface area (Å²) in [6.07, 6.45) is 0. The maximum absolute atomic E-state index is 8.52. The van der Waals surface area contributed by atoms with Gasteiger partial charge in [-0.3, -0.25) is 0 Å². The molecule has 0 aliphatic heterocycles. The molecule has 0 atom stereocenters. The molecule has 0 spiro atoms. The number of rotatable bonds is 4. The normalized spacial score (nSPS) is 13.1. The molecule has 0 aliphatic rings. The Balaban J connectivity index is 1.19. The maximum atomic E-state index is 8.52. The molecule has 1 heterocycles. The third-order valence-electron chi connectivity index (χ3n) is 9.75. The first-order valence-electron chi connectivity index (χ1n) is 18.9. The molecule has 0 fully saturated rings. The van der Waals surface area contributed by atoms with Crippen LogP contribution in [0.5, 0.6) is 0 Å². The summed E-state index contributed by atoms with van der Waals surface area (Å²) in [5, 5.41) is 8.41. The summed E-state index contributed by atoms with van der Waals surface area (Å²) in [6.45, 7) is 0. The third kappa shape index (κ3) is 4.40. The second kappa shape index (κ2) is 11.1. The first kappa shape index (κ1) is 23.0. The Morgan fingerprint density at radius 1 is 0.388 bits per heavy atom. The fourth-order valence-corrected chi connectivity index (χ4v) is 7.56. The summed E-state index contributed by atoms with van der Waals surface area (Å²) in [6, 6.07) is 51.1. The molecule has 0 saturated heterocycles. The molecule has 49 heavy (non-hydrogen) atoms. The summed E-state index contributed by atoms with van der Waals surface area (Å²) in [4.78, 5) is 0. The lowest BCUT2D eigenvalue weighted by Crippen LogP contribution is -1.91. The van der Waals surface area contributed by atoms with Crippen LogP contribution in [0.1, 0.15) is 6.85 Å². The lowest BCUT2D eigenvalue weighted by Gasteiger charge is -2.18. The Bertz CT molecular complexity index is 3060. The van der Waals surface area contributed by atoms with Gasteiger partial charge in [0.1, 0.15) is 11.2 Å². The number of furan rings is 1. The molecular formula is C48H30O. The Morgan fingerprint density at radius 3 is 1.69 bits per heavy atom. The smallest absolute Gasteiger partial charge is 0.143 e. The average Bonchev–Trinajstić information content (AvgIpc) is 3.61. The first-order valence-corrected chi connectivity index (χ1v) is 16.4. The van der Waals surface area contributed by atoms with E-state index in [0.717, 1.165) is 60.2 Å². The molecule has 1 nitrogen and oxygen atoms in total. The van der Waals surface area contributed by atoms with Crippen molar-refractivity contribution >= 4 is 54.3 Å². The van der Waals surface area contributed by atoms with Gasteiger partial charge in [-0.15, -0.1) is 0 Å². The summed E-state index contributed by atoms with van der Waals surface area (Å²) in [5.41, 5.74) is 9.23. The lowest BCUT2D eigenvalue weighted by molar-refractivity contribution is 0.673. The van der Waals surface area contributed by atoms with Gasteiger partial charge in [-0.2, -0.15) is 0 Å². The number of hydrogen-bond donors (Lipinski definition) is 0. The van der Waals surface area contributed by atoms with Crippen LogP contribution in [-0.2, 0) is 0 Å². The minimum Gasteiger partial charge on any atom is -0.455 e. The Hall–Kier alpha value is -6.44. The summed E-state index contributed by atoms with van der Waals surface area (Å²) in [7, 11) is 0. The van der Waals surface area contributed by atoms with Crippen LogP contribution >= 0.6 is 0 Å². The highest BCUT2D eigenvalue weighted by Crippen LogP contribution is 2.47. The van der Waals surface area contributed by atoms with Gasteiger partial charge in [0.2, 0.25) is 0 Å². The topological polar surface area (TPSA) is 13.1 Å². The van der Waals surface area contributed by atoms with Crippen molar-refractivity contribution < 1.29 is 11.3 Å². The second-order valence-corrected chi connectivity index (χ2v) is 12.4. The molecule has 1 aromatic heterocycles. The minimum absolute atomic E-state index is 0.184. The van der Waals surface area contributed by atoms with Crippen LogP contribution in [0.2, 0.25) is 0 Å². The zero-order valence-electron chi connectivity index (χ0n) is 31.3. The van der Waals surface area contributed by atoms with Crippen LogP contribution in [0.15, 0.2) is 186 Å². The van der Waals surface area contributed by atoms with Crippen molar-refractivity contribution in [3.63, 3.8) is 0 Å². The fourth-order valence-electron chi connectivity index (χ4n) is 7.56. The van der Waals surface area contributed by atoms with Crippen molar-refractivity contribution in [3.05, 3.63) is 182 Å². The van der Waals surface area contributed by atoms with Crippen molar-refractivity contribution in [1.82, 2.24) is 0 Å². The third-order valence-corrected chi connectivity index (χ3v) is 9.75. The average molecular weight is 628 g/mol. The van der Waals surface area contributed by atoms with Crippen molar-refractivity contribution in [3.8, 4) is 44.5 Å². The zero-order valence-corrected chi connectivity index (χ0v) is 26.3. The molecule has 0 aliphatic carbocycles. The van der Waals surface area contributed by atoms with Crippen molar-refractivity contribution in [2.24, 2.45) is 0 Å². The molecular weight excluding hydrogens is 593 g/mol. The van der Waals surface area contributed by atoms with E-state index in [9.17, 15) is 0 Å². The molecule has 10 aromatic rings. The van der Waals surface area contributed by atoms with Crippen molar-refractivity contribution in [1.29, 1.82) is 0 Å². The van der Waals surface area contributed by atoms with E-state index in [-0.39, 0.29) is 29.7 Å². The predicted octanol–water partition coefficient (Wildman–Crippen LogP) is 13.7. The van der Waals surface area contributed by atoms with E-state index >= 15 is 0 Å². The zero-order chi connectivity index (χ0) is 36.7. The first-order chi connectivity index (χ1) is 26.4. The van der Waals surface area contributed by atoms with E-state index in [4.69, 9.17) is 11.3 Å². The summed E-state index contributed by atoms with van der Waals surface area (Å²) < 4.78 is 48.1. The van der Waals surface area contributed by atoms with Gasteiger partial charge < -0.3 is 4.42 Å². The van der Waals surface area contributed by atoms with Crippen LogP contribution < -0.4 is 0 Å². The molecule has 1 heteroatoms.